The van der Waals surface area contributed by atoms with E-state index in [0.29, 0.717) is 12.7 Å². The normalized spacial score (nSPS) is 21.1. The van der Waals surface area contributed by atoms with E-state index in [0.717, 1.165) is 11.5 Å². The molecule has 1 rings (SSSR count). The van der Waals surface area contributed by atoms with E-state index in [2.05, 4.69) is 25.7 Å². The zero-order valence-electron chi connectivity index (χ0n) is 12.2. The van der Waals surface area contributed by atoms with Gasteiger partial charge >= 0.3 is 0 Å². The first-order valence-electron chi connectivity index (χ1n) is 7.09. The maximum Gasteiger partial charge on any atom is 0.147 e. The van der Waals surface area contributed by atoms with Crippen LogP contribution in [0, 0.1) is 11.8 Å². The molecule has 2 heteroatoms. The summed E-state index contributed by atoms with van der Waals surface area (Å²) >= 11 is 0. The zero-order valence-corrected chi connectivity index (χ0v) is 12.2. The molecule has 2 atom stereocenters. The van der Waals surface area contributed by atoms with Crippen molar-refractivity contribution < 1.29 is 9.47 Å². The van der Waals surface area contributed by atoms with Crippen LogP contribution in [-0.4, -0.2) is 20.0 Å². The summed E-state index contributed by atoms with van der Waals surface area (Å²) in [7, 11) is 1.65. The molecule has 18 heavy (non-hydrogen) atoms. The van der Waals surface area contributed by atoms with Gasteiger partial charge in [-0.2, -0.15) is 0 Å². The van der Waals surface area contributed by atoms with Crippen LogP contribution in [0.3, 0.4) is 0 Å². The van der Waals surface area contributed by atoms with E-state index in [1.165, 1.54) is 32.1 Å². The van der Waals surface area contributed by atoms with Crippen LogP contribution in [0.2, 0.25) is 0 Å². The fourth-order valence-electron chi connectivity index (χ4n) is 2.64. The molecule has 1 fully saturated rings. The van der Waals surface area contributed by atoms with E-state index in [1.807, 2.05) is 6.92 Å². The molecular formula is C16H28O2. The molecule has 0 bridgehead atoms. The Balaban J connectivity index is 2.45. The van der Waals surface area contributed by atoms with E-state index < -0.39 is 0 Å². The summed E-state index contributed by atoms with van der Waals surface area (Å²) in [6.07, 6.45) is 11.6. The Labute approximate surface area is 112 Å². The molecule has 0 heterocycles. The van der Waals surface area contributed by atoms with Gasteiger partial charge in [-0.15, -0.1) is 0 Å². The Morgan fingerprint density at radius 1 is 1.33 bits per heavy atom. The van der Waals surface area contributed by atoms with E-state index in [-0.39, 0.29) is 6.10 Å². The molecule has 0 saturated heterocycles. The van der Waals surface area contributed by atoms with Crippen molar-refractivity contribution in [2.75, 3.05) is 13.9 Å². The maximum atomic E-state index is 5.68. The van der Waals surface area contributed by atoms with Crippen LogP contribution in [0.15, 0.2) is 24.3 Å². The minimum atomic E-state index is 0.0600. The van der Waals surface area contributed by atoms with Gasteiger partial charge in [-0.25, -0.2) is 0 Å². The topological polar surface area (TPSA) is 18.5 Å². The Morgan fingerprint density at radius 3 is 2.56 bits per heavy atom. The van der Waals surface area contributed by atoms with Gasteiger partial charge in [0.1, 0.15) is 6.79 Å². The second-order valence-corrected chi connectivity index (χ2v) is 5.48. The third-order valence-electron chi connectivity index (χ3n) is 3.67. The lowest BCUT2D eigenvalue weighted by Gasteiger charge is -2.23. The summed E-state index contributed by atoms with van der Waals surface area (Å²) in [6.45, 7) is 8.55. The second kappa shape index (κ2) is 8.49. The Hall–Kier alpha value is -0.600. The Morgan fingerprint density at radius 2 is 2.00 bits per heavy atom. The zero-order chi connectivity index (χ0) is 13.4. The van der Waals surface area contributed by atoms with Gasteiger partial charge in [0.15, 0.2) is 0 Å². The largest absolute Gasteiger partial charge is 0.359 e. The van der Waals surface area contributed by atoms with Gasteiger partial charge in [-0.3, -0.25) is 0 Å². The van der Waals surface area contributed by atoms with Crippen molar-refractivity contribution in [3.63, 3.8) is 0 Å². The number of hydrogen-bond donors (Lipinski definition) is 0. The standard InChI is InChI=1S/C16H28O2/c1-13(2)16(18-12-17-4)14(3)10-11-15-8-6-5-7-9-15/h10-11,14-16H,1,5-9,12H2,2-4H3/b11-10+/t14-,16-/m0/s1. The summed E-state index contributed by atoms with van der Waals surface area (Å²) in [5.41, 5.74) is 1.06. The van der Waals surface area contributed by atoms with Gasteiger partial charge in [-0.1, -0.05) is 50.5 Å². The highest BCUT2D eigenvalue weighted by molar-refractivity contribution is 5.06. The van der Waals surface area contributed by atoms with E-state index in [9.17, 15) is 0 Å². The number of rotatable bonds is 7. The summed E-state index contributed by atoms with van der Waals surface area (Å²) in [6, 6.07) is 0. The molecule has 0 aromatic carbocycles. The molecule has 104 valence electrons. The minimum Gasteiger partial charge on any atom is -0.359 e. The average molecular weight is 252 g/mol. The van der Waals surface area contributed by atoms with Crippen molar-refractivity contribution in [2.45, 2.75) is 52.1 Å². The number of hydrogen-bond acceptors (Lipinski definition) is 2. The van der Waals surface area contributed by atoms with Crippen LogP contribution >= 0.6 is 0 Å². The number of ether oxygens (including phenoxy) is 2. The van der Waals surface area contributed by atoms with Crippen LogP contribution < -0.4 is 0 Å². The quantitative estimate of drug-likeness (QED) is 0.496. The van der Waals surface area contributed by atoms with Crippen LogP contribution in [0.5, 0.6) is 0 Å². The molecular weight excluding hydrogens is 224 g/mol. The highest BCUT2D eigenvalue weighted by atomic mass is 16.7. The van der Waals surface area contributed by atoms with Crippen molar-refractivity contribution >= 4 is 0 Å². The first-order chi connectivity index (χ1) is 8.65. The summed E-state index contributed by atoms with van der Waals surface area (Å²) in [5.74, 6) is 1.13. The molecule has 0 aromatic rings. The van der Waals surface area contributed by atoms with Crippen molar-refractivity contribution in [1.82, 2.24) is 0 Å². The molecule has 0 aromatic heterocycles. The van der Waals surface area contributed by atoms with Crippen LogP contribution in [-0.2, 0) is 9.47 Å². The van der Waals surface area contributed by atoms with Gasteiger partial charge in [-0.05, 0) is 25.7 Å². The molecule has 0 N–H and O–H groups in total. The molecule has 1 saturated carbocycles. The predicted octanol–water partition coefficient (Wildman–Crippen LogP) is 4.32. The highest BCUT2D eigenvalue weighted by Gasteiger charge is 2.17. The number of allylic oxidation sites excluding steroid dienone is 1. The first-order valence-corrected chi connectivity index (χ1v) is 7.09. The van der Waals surface area contributed by atoms with Crippen molar-refractivity contribution in [3.8, 4) is 0 Å². The van der Waals surface area contributed by atoms with E-state index in [1.54, 1.807) is 7.11 Å². The molecule has 0 spiro atoms. The third kappa shape index (κ3) is 5.36. The molecule has 0 aliphatic heterocycles. The molecule has 1 aliphatic rings. The highest BCUT2D eigenvalue weighted by Crippen LogP contribution is 2.26. The van der Waals surface area contributed by atoms with Crippen molar-refractivity contribution in [1.29, 1.82) is 0 Å². The van der Waals surface area contributed by atoms with Gasteiger partial charge in [0.2, 0.25) is 0 Å². The molecule has 1 aliphatic carbocycles. The molecule has 0 unspecified atom stereocenters. The monoisotopic (exact) mass is 252 g/mol. The van der Waals surface area contributed by atoms with E-state index in [4.69, 9.17) is 9.47 Å². The molecule has 0 amide bonds. The van der Waals surface area contributed by atoms with E-state index >= 15 is 0 Å². The van der Waals surface area contributed by atoms with Crippen LogP contribution in [0.25, 0.3) is 0 Å². The fraction of sp³-hybridized carbons (Fsp3) is 0.750. The third-order valence-corrected chi connectivity index (χ3v) is 3.67. The average Bonchev–Trinajstić information content (AvgIpc) is 2.37. The van der Waals surface area contributed by atoms with Gasteiger partial charge in [0.05, 0.1) is 6.10 Å². The lowest BCUT2D eigenvalue weighted by Crippen LogP contribution is -2.22. The van der Waals surface area contributed by atoms with Gasteiger partial charge in [0, 0.05) is 13.0 Å². The minimum absolute atomic E-state index is 0.0600. The lowest BCUT2D eigenvalue weighted by atomic mass is 9.87. The molecule has 2 nitrogen and oxygen atoms in total. The summed E-state index contributed by atoms with van der Waals surface area (Å²) < 4.78 is 10.7. The maximum absolute atomic E-state index is 5.68. The fourth-order valence-corrected chi connectivity index (χ4v) is 2.64. The summed E-state index contributed by atoms with van der Waals surface area (Å²) in [5, 5.41) is 0. The second-order valence-electron chi connectivity index (χ2n) is 5.48. The van der Waals surface area contributed by atoms with Crippen molar-refractivity contribution in [2.24, 2.45) is 11.8 Å². The summed E-state index contributed by atoms with van der Waals surface area (Å²) in [4.78, 5) is 0. The van der Waals surface area contributed by atoms with Gasteiger partial charge < -0.3 is 9.47 Å². The number of methoxy groups -OCH3 is 1. The SMILES string of the molecule is C=C(C)[C@H](OCOC)[C@@H](C)/C=C/C1CCCCC1. The van der Waals surface area contributed by atoms with Crippen molar-refractivity contribution in [3.05, 3.63) is 24.3 Å². The predicted molar refractivity (Wildman–Crippen MR) is 76.4 cm³/mol. The Bertz CT molecular complexity index is 264. The smallest absolute Gasteiger partial charge is 0.147 e. The van der Waals surface area contributed by atoms with Crippen LogP contribution in [0.4, 0.5) is 0 Å². The molecule has 0 radical (unpaired) electrons. The lowest BCUT2D eigenvalue weighted by molar-refractivity contribution is -0.0691. The Kier molecular flexibility index (Phi) is 7.29. The van der Waals surface area contributed by atoms with Crippen LogP contribution in [0.1, 0.15) is 46.0 Å². The van der Waals surface area contributed by atoms with Gasteiger partial charge in [0.25, 0.3) is 0 Å². The first kappa shape index (κ1) is 15.5.